The van der Waals surface area contributed by atoms with E-state index < -0.39 is 5.60 Å². The lowest BCUT2D eigenvalue weighted by Gasteiger charge is -2.41. The third-order valence-corrected chi connectivity index (χ3v) is 2.81. The number of piperidine rings is 1. The van der Waals surface area contributed by atoms with Crippen LogP contribution in [0.4, 0.5) is 0 Å². The lowest BCUT2D eigenvalue weighted by atomic mass is 9.89. The third-order valence-electron chi connectivity index (χ3n) is 2.81. The molecular weight excluding hydrogens is 164 g/mol. The molecule has 3 heteroatoms. The second kappa shape index (κ2) is 3.95. The molecule has 1 rings (SSSR count). The first-order valence-electron chi connectivity index (χ1n) is 5.12. The molecule has 1 heterocycles. The molecule has 2 atom stereocenters. The van der Waals surface area contributed by atoms with Gasteiger partial charge in [-0.3, -0.25) is 0 Å². The molecule has 0 aliphatic carbocycles. The SMILES string of the molecule is CC(C)CN1CCC(C)(O)C(N)C1. The van der Waals surface area contributed by atoms with Crippen molar-refractivity contribution in [3.8, 4) is 0 Å². The first-order chi connectivity index (χ1) is 5.92. The predicted octanol–water partition coefficient (Wildman–Crippen LogP) is 0.426. The van der Waals surface area contributed by atoms with Crippen LogP contribution in [0.2, 0.25) is 0 Å². The molecule has 0 aromatic carbocycles. The summed E-state index contributed by atoms with van der Waals surface area (Å²) >= 11 is 0. The van der Waals surface area contributed by atoms with Gasteiger partial charge in [-0.15, -0.1) is 0 Å². The van der Waals surface area contributed by atoms with Crippen molar-refractivity contribution in [1.29, 1.82) is 0 Å². The van der Waals surface area contributed by atoms with Crippen molar-refractivity contribution in [3.63, 3.8) is 0 Å². The van der Waals surface area contributed by atoms with Gasteiger partial charge in [-0.2, -0.15) is 0 Å². The molecule has 78 valence electrons. The average molecular weight is 186 g/mol. The molecule has 3 nitrogen and oxygen atoms in total. The van der Waals surface area contributed by atoms with Crippen LogP contribution < -0.4 is 5.73 Å². The van der Waals surface area contributed by atoms with Gasteiger partial charge in [0.2, 0.25) is 0 Å². The van der Waals surface area contributed by atoms with E-state index in [-0.39, 0.29) is 6.04 Å². The van der Waals surface area contributed by atoms with Crippen molar-refractivity contribution in [2.75, 3.05) is 19.6 Å². The summed E-state index contributed by atoms with van der Waals surface area (Å²) < 4.78 is 0. The van der Waals surface area contributed by atoms with E-state index in [0.717, 1.165) is 26.1 Å². The lowest BCUT2D eigenvalue weighted by molar-refractivity contribution is -0.0257. The summed E-state index contributed by atoms with van der Waals surface area (Å²) in [5, 5.41) is 9.84. The highest BCUT2D eigenvalue weighted by molar-refractivity contribution is 4.92. The Morgan fingerprint density at radius 3 is 2.69 bits per heavy atom. The number of nitrogens with zero attached hydrogens (tertiary/aromatic N) is 1. The zero-order valence-electron chi connectivity index (χ0n) is 8.95. The zero-order chi connectivity index (χ0) is 10.1. The normalized spacial score (nSPS) is 36.9. The van der Waals surface area contributed by atoms with Gasteiger partial charge in [0.25, 0.3) is 0 Å². The van der Waals surface area contributed by atoms with Crippen molar-refractivity contribution in [3.05, 3.63) is 0 Å². The molecule has 0 aromatic rings. The maximum Gasteiger partial charge on any atom is 0.0794 e. The van der Waals surface area contributed by atoms with Crippen molar-refractivity contribution >= 4 is 0 Å². The topological polar surface area (TPSA) is 49.5 Å². The molecule has 2 unspecified atom stereocenters. The predicted molar refractivity (Wildman–Crippen MR) is 54.5 cm³/mol. The minimum Gasteiger partial charge on any atom is -0.388 e. The number of hydrogen-bond acceptors (Lipinski definition) is 3. The van der Waals surface area contributed by atoms with Gasteiger partial charge in [0.1, 0.15) is 0 Å². The van der Waals surface area contributed by atoms with Gasteiger partial charge in [0.15, 0.2) is 0 Å². The van der Waals surface area contributed by atoms with Gasteiger partial charge in [-0.1, -0.05) is 13.8 Å². The number of aliphatic hydroxyl groups is 1. The first-order valence-corrected chi connectivity index (χ1v) is 5.12. The van der Waals surface area contributed by atoms with E-state index in [0.29, 0.717) is 5.92 Å². The van der Waals surface area contributed by atoms with Crippen LogP contribution in [-0.4, -0.2) is 41.3 Å². The second-order valence-electron chi connectivity index (χ2n) is 4.87. The quantitative estimate of drug-likeness (QED) is 0.657. The van der Waals surface area contributed by atoms with Crippen molar-refractivity contribution in [2.45, 2.75) is 38.8 Å². The lowest BCUT2D eigenvalue weighted by Crippen LogP contribution is -2.58. The van der Waals surface area contributed by atoms with Crippen LogP contribution in [0.3, 0.4) is 0 Å². The van der Waals surface area contributed by atoms with Gasteiger partial charge in [-0.05, 0) is 19.3 Å². The van der Waals surface area contributed by atoms with Crippen LogP contribution in [0.1, 0.15) is 27.2 Å². The van der Waals surface area contributed by atoms with E-state index in [2.05, 4.69) is 18.7 Å². The van der Waals surface area contributed by atoms with Crippen molar-refractivity contribution in [1.82, 2.24) is 4.90 Å². The number of likely N-dealkylation sites (tertiary alicyclic amines) is 1. The minimum absolute atomic E-state index is 0.0972. The fourth-order valence-electron chi connectivity index (χ4n) is 1.82. The van der Waals surface area contributed by atoms with E-state index in [1.807, 2.05) is 6.92 Å². The summed E-state index contributed by atoms with van der Waals surface area (Å²) in [5.74, 6) is 0.676. The molecule has 3 N–H and O–H groups in total. The number of rotatable bonds is 2. The standard InChI is InChI=1S/C10H22N2O/c1-8(2)6-12-5-4-10(3,13)9(11)7-12/h8-9,13H,4-7,11H2,1-3H3. The summed E-state index contributed by atoms with van der Waals surface area (Å²) in [6.45, 7) is 9.13. The third kappa shape index (κ3) is 2.93. The van der Waals surface area contributed by atoms with Gasteiger partial charge >= 0.3 is 0 Å². The Labute approximate surface area is 80.9 Å². The second-order valence-corrected chi connectivity index (χ2v) is 4.87. The van der Waals surface area contributed by atoms with Crippen LogP contribution in [0.5, 0.6) is 0 Å². The van der Waals surface area contributed by atoms with Gasteiger partial charge in [-0.25, -0.2) is 0 Å². The van der Waals surface area contributed by atoms with Gasteiger partial charge < -0.3 is 15.7 Å². The molecule has 0 bridgehead atoms. The molecule has 1 aliphatic heterocycles. The summed E-state index contributed by atoms with van der Waals surface area (Å²) in [6.07, 6.45) is 0.793. The Kier molecular flexibility index (Phi) is 3.33. The van der Waals surface area contributed by atoms with E-state index in [1.165, 1.54) is 0 Å². The fraction of sp³-hybridized carbons (Fsp3) is 1.00. The van der Waals surface area contributed by atoms with Gasteiger partial charge in [0.05, 0.1) is 5.60 Å². The molecule has 13 heavy (non-hydrogen) atoms. The Balaban J connectivity index is 2.42. The first kappa shape index (κ1) is 11.0. The largest absolute Gasteiger partial charge is 0.388 e. The zero-order valence-corrected chi connectivity index (χ0v) is 8.95. The Morgan fingerprint density at radius 1 is 1.62 bits per heavy atom. The molecular formula is C10H22N2O. The number of nitrogens with two attached hydrogens (primary N) is 1. The van der Waals surface area contributed by atoms with Crippen LogP contribution in [0, 0.1) is 5.92 Å². The molecule has 1 fully saturated rings. The summed E-state index contributed by atoms with van der Waals surface area (Å²) in [4.78, 5) is 2.34. The molecule has 0 saturated carbocycles. The molecule has 1 saturated heterocycles. The van der Waals surface area contributed by atoms with E-state index >= 15 is 0 Å². The van der Waals surface area contributed by atoms with Crippen LogP contribution in [-0.2, 0) is 0 Å². The van der Waals surface area contributed by atoms with E-state index in [4.69, 9.17) is 5.73 Å². The van der Waals surface area contributed by atoms with Crippen LogP contribution in [0.25, 0.3) is 0 Å². The molecule has 0 radical (unpaired) electrons. The molecule has 0 aromatic heterocycles. The summed E-state index contributed by atoms with van der Waals surface area (Å²) in [5.41, 5.74) is 5.23. The highest BCUT2D eigenvalue weighted by atomic mass is 16.3. The van der Waals surface area contributed by atoms with Crippen molar-refractivity contribution in [2.24, 2.45) is 11.7 Å². The van der Waals surface area contributed by atoms with Crippen LogP contribution in [0.15, 0.2) is 0 Å². The maximum absolute atomic E-state index is 9.84. The Morgan fingerprint density at radius 2 is 2.23 bits per heavy atom. The van der Waals surface area contributed by atoms with Crippen molar-refractivity contribution < 1.29 is 5.11 Å². The fourth-order valence-corrected chi connectivity index (χ4v) is 1.82. The maximum atomic E-state index is 9.84. The minimum atomic E-state index is -0.659. The van der Waals surface area contributed by atoms with E-state index in [1.54, 1.807) is 0 Å². The van der Waals surface area contributed by atoms with E-state index in [9.17, 15) is 5.11 Å². The highest BCUT2D eigenvalue weighted by Crippen LogP contribution is 2.20. The highest BCUT2D eigenvalue weighted by Gasteiger charge is 2.34. The van der Waals surface area contributed by atoms with Crippen LogP contribution >= 0.6 is 0 Å². The average Bonchev–Trinajstić information content (AvgIpc) is 1.97. The summed E-state index contributed by atoms with van der Waals surface area (Å²) in [7, 11) is 0. The molecule has 0 amide bonds. The monoisotopic (exact) mass is 186 g/mol. The van der Waals surface area contributed by atoms with Gasteiger partial charge in [0, 0.05) is 25.7 Å². The molecule has 0 spiro atoms. The Hall–Kier alpha value is -0.120. The summed E-state index contributed by atoms with van der Waals surface area (Å²) in [6, 6.07) is -0.0972. The Bertz CT molecular complexity index is 168. The number of hydrogen-bond donors (Lipinski definition) is 2. The molecule has 1 aliphatic rings. The smallest absolute Gasteiger partial charge is 0.0794 e.